The maximum absolute atomic E-state index is 11.9. The summed E-state index contributed by atoms with van der Waals surface area (Å²) in [5.41, 5.74) is 5.93. The third-order valence-corrected chi connectivity index (χ3v) is 3.41. The van der Waals surface area contributed by atoms with Crippen molar-refractivity contribution in [2.75, 3.05) is 13.7 Å². The van der Waals surface area contributed by atoms with E-state index in [4.69, 9.17) is 9.47 Å². The molecule has 0 saturated carbocycles. The molecule has 0 atom stereocenters. The fourth-order valence-corrected chi connectivity index (χ4v) is 2.11. The number of nitrogens with one attached hydrogen (secondary N) is 2. The van der Waals surface area contributed by atoms with Crippen LogP contribution < -0.4 is 20.3 Å². The lowest BCUT2D eigenvalue weighted by Gasteiger charge is -2.10. The molecule has 0 aliphatic heterocycles. The molecule has 2 amide bonds. The Kier molecular flexibility index (Phi) is 7.24. The molecule has 6 nitrogen and oxygen atoms in total. The molecule has 0 aromatic heterocycles. The number of carbonyl (C=O) groups is 2. The fourth-order valence-electron chi connectivity index (χ4n) is 2.11. The first-order chi connectivity index (χ1) is 12.6. The van der Waals surface area contributed by atoms with Crippen molar-refractivity contribution in [2.45, 2.75) is 13.3 Å². The van der Waals surface area contributed by atoms with Gasteiger partial charge in [-0.05, 0) is 42.3 Å². The summed E-state index contributed by atoms with van der Waals surface area (Å²) in [4.78, 5) is 23.7. The molecule has 0 radical (unpaired) electrons. The molecular weight excluding hydrogens is 332 g/mol. The minimum Gasteiger partial charge on any atom is -0.493 e. The molecule has 0 bridgehead atoms. The second-order valence-electron chi connectivity index (χ2n) is 5.40. The van der Waals surface area contributed by atoms with Crippen molar-refractivity contribution in [3.8, 4) is 11.5 Å². The first-order valence-corrected chi connectivity index (χ1v) is 8.28. The van der Waals surface area contributed by atoms with Gasteiger partial charge in [0.2, 0.25) is 0 Å². The SMILES string of the molecule is CCCOc1ccc(/C=C/C(=O)NNC(=O)c2ccccc2)cc1OC. The highest BCUT2D eigenvalue weighted by Gasteiger charge is 2.06. The molecule has 0 fully saturated rings. The Morgan fingerprint density at radius 2 is 1.81 bits per heavy atom. The number of rotatable bonds is 7. The summed E-state index contributed by atoms with van der Waals surface area (Å²) in [5, 5.41) is 0. The summed E-state index contributed by atoms with van der Waals surface area (Å²) in [6.45, 7) is 2.63. The van der Waals surface area contributed by atoms with Crippen LogP contribution in [0.4, 0.5) is 0 Å². The van der Waals surface area contributed by atoms with Crippen LogP contribution in [0.2, 0.25) is 0 Å². The lowest BCUT2D eigenvalue weighted by molar-refractivity contribution is -0.117. The van der Waals surface area contributed by atoms with Gasteiger partial charge >= 0.3 is 0 Å². The Bertz CT molecular complexity index is 773. The summed E-state index contributed by atoms with van der Waals surface area (Å²) in [6.07, 6.45) is 3.85. The van der Waals surface area contributed by atoms with Crippen LogP contribution in [0.3, 0.4) is 0 Å². The lowest BCUT2D eigenvalue weighted by atomic mass is 10.2. The third kappa shape index (κ3) is 5.66. The van der Waals surface area contributed by atoms with E-state index in [-0.39, 0.29) is 5.91 Å². The minimum atomic E-state index is -0.445. The predicted octanol–water partition coefficient (Wildman–Crippen LogP) is 2.96. The molecule has 0 unspecified atom stereocenters. The van der Waals surface area contributed by atoms with Crippen molar-refractivity contribution < 1.29 is 19.1 Å². The van der Waals surface area contributed by atoms with Gasteiger partial charge in [0.25, 0.3) is 11.8 Å². The minimum absolute atomic E-state index is 0.383. The predicted molar refractivity (Wildman–Crippen MR) is 99.9 cm³/mol. The number of methoxy groups -OCH3 is 1. The van der Waals surface area contributed by atoms with E-state index >= 15 is 0 Å². The summed E-state index contributed by atoms with van der Waals surface area (Å²) >= 11 is 0. The van der Waals surface area contributed by atoms with E-state index in [2.05, 4.69) is 10.9 Å². The highest BCUT2D eigenvalue weighted by atomic mass is 16.5. The molecule has 26 heavy (non-hydrogen) atoms. The number of carbonyl (C=O) groups excluding carboxylic acids is 2. The van der Waals surface area contributed by atoms with Gasteiger partial charge in [0.1, 0.15) is 0 Å². The van der Waals surface area contributed by atoms with Crippen LogP contribution in [0.15, 0.2) is 54.6 Å². The monoisotopic (exact) mass is 354 g/mol. The van der Waals surface area contributed by atoms with Crippen LogP contribution in [0.5, 0.6) is 11.5 Å². The van der Waals surface area contributed by atoms with Gasteiger partial charge in [0.15, 0.2) is 11.5 Å². The highest BCUT2D eigenvalue weighted by Crippen LogP contribution is 2.28. The molecule has 0 spiro atoms. The number of hydrazine groups is 1. The maximum atomic E-state index is 11.9. The molecule has 2 rings (SSSR count). The standard InChI is InChI=1S/C20H22N2O4/c1-3-13-26-17-11-9-15(14-18(17)25-2)10-12-19(23)21-22-20(24)16-7-5-4-6-8-16/h4-12,14H,3,13H2,1-2H3,(H,21,23)(H,22,24)/b12-10+. The van der Waals surface area contributed by atoms with Gasteiger partial charge in [0.05, 0.1) is 13.7 Å². The average molecular weight is 354 g/mol. The zero-order valence-corrected chi connectivity index (χ0v) is 14.8. The van der Waals surface area contributed by atoms with E-state index in [1.807, 2.05) is 19.1 Å². The zero-order chi connectivity index (χ0) is 18.8. The fraction of sp³-hybridized carbons (Fsp3) is 0.200. The second kappa shape index (κ2) is 9.88. The van der Waals surface area contributed by atoms with Crippen molar-refractivity contribution in [2.24, 2.45) is 0 Å². The molecule has 0 aliphatic rings. The van der Waals surface area contributed by atoms with Gasteiger partial charge in [-0.3, -0.25) is 20.4 Å². The molecule has 2 aromatic carbocycles. The maximum Gasteiger partial charge on any atom is 0.269 e. The van der Waals surface area contributed by atoms with E-state index in [0.29, 0.717) is 23.7 Å². The second-order valence-corrected chi connectivity index (χ2v) is 5.40. The summed E-state index contributed by atoms with van der Waals surface area (Å²) < 4.78 is 10.9. The quantitative estimate of drug-likeness (QED) is 0.592. The van der Waals surface area contributed by atoms with E-state index in [9.17, 15) is 9.59 Å². The third-order valence-electron chi connectivity index (χ3n) is 3.41. The largest absolute Gasteiger partial charge is 0.493 e. The molecule has 2 aromatic rings. The van der Waals surface area contributed by atoms with Gasteiger partial charge in [-0.15, -0.1) is 0 Å². The Labute approximate surface area is 152 Å². The van der Waals surface area contributed by atoms with Gasteiger partial charge in [-0.2, -0.15) is 0 Å². The smallest absolute Gasteiger partial charge is 0.269 e. The molecule has 0 aliphatic carbocycles. The number of benzene rings is 2. The first-order valence-electron chi connectivity index (χ1n) is 8.28. The Morgan fingerprint density at radius 3 is 2.50 bits per heavy atom. The van der Waals surface area contributed by atoms with Gasteiger partial charge in [-0.1, -0.05) is 31.2 Å². The van der Waals surface area contributed by atoms with Crippen LogP contribution >= 0.6 is 0 Å². The summed E-state index contributed by atoms with van der Waals surface area (Å²) in [6, 6.07) is 14.0. The molecule has 6 heteroatoms. The first kappa shape index (κ1) is 19.1. The summed E-state index contributed by atoms with van der Waals surface area (Å²) in [5.74, 6) is 0.426. The average Bonchev–Trinajstić information content (AvgIpc) is 2.69. The molecule has 0 saturated heterocycles. The number of amides is 2. The van der Waals surface area contributed by atoms with Crippen molar-refractivity contribution in [3.05, 3.63) is 65.7 Å². The van der Waals surface area contributed by atoms with Crippen LogP contribution in [0.25, 0.3) is 6.08 Å². The molecule has 136 valence electrons. The molecule has 0 heterocycles. The van der Waals surface area contributed by atoms with Crippen LogP contribution in [-0.2, 0) is 4.79 Å². The van der Waals surface area contributed by atoms with Crippen LogP contribution in [0, 0.1) is 0 Å². The van der Waals surface area contributed by atoms with E-state index in [1.165, 1.54) is 6.08 Å². The Hall–Kier alpha value is -3.28. The number of hydrogen-bond acceptors (Lipinski definition) is 4. The van der Waals surface area contributed by atoms with Gasteiger partial charge in [-0.25, -0.2) is 0 Å². The number of ether oxygens (including phenoxy) is 2. The zero-order valence-electron chi connectivity index (χ0n) is 14.8. The Morgan fingerprint density at radius 1 is 1.04 bits per heavy atom. The van der Waals surface area contributed by atoms with Crippen molar-refractivity contribution >= 4 is 17.9 Å². The Balaban J connectivity index is 1.92. The van der Waals surface area contributed by atoms with E-state index < -0.39 is 5.91 Å². The topological polar surface area (TPSA) is 76.7 Å². The van der Waals surface area contributed by atoms with Crippen LogP contribution in [0.1, 0.15) is 29.3 Å². The molecule has 2 N–H and O–H groups in total. The van der Waals surface area contributed by atoms with Crippen LogP contribution in [-0.4, -0.2) is 25.5 Å². The van der Waals surface area contributed by atoms with Gasteiger partial charge < -0.3 is 9.47 Å². The van der Waals surface area contributed by atoms with Crippen molar-refractivity contribution in [1.82, 2.24) is 10.9 Å². The van der Waals surface area contributed by atoms with Gasteiger partial charge in [0, 0.05) is 11.6 Å². The van der Waals surface area contributed by atoms with E-state index in [0.717, 1.165) is 12.0 Å². The lowest BCUT2D eigenvalue weighted by Crippen LogP contribution is -2.40. The highest BCUT2D eigenvalue weighted by molar-refractivity contribution is 5.97. The van der Waals surface area contributed by atoms with E-state index in [1.54, 1.807) is 49.6 Å². The number of hydrogen-bond donors (Lipinski definition) is 2. The van der Waals surface area contributed by atoms with Crippen molar-refractivity contribution in [1.29, 1.82) is 0 Å². The van der Waals surface area contributed by atoms with Crippen molar-refractivity contribution in [3.63, 3.8) is 0 Å². The summed E-state index contributed by atoms with van der Waals surface area (Å²) in [7, 11) is 1.56. The normalized spacial score (nSPS) is 10.4. The molecular formula is C20H22N2O4.